The molecule has 5 rings (SSSR count). The summed E-state index contributed by atoms with van der Waals surface area (Å²) in [5.74, 6) is -1.34. The zero-order chi connectivity index (χ0) is 34.6. The number of hydrogen-bond donors (Lipinski definition) is 6. The van der Waals surface area contributed by atoms with Crippen molar-refractivity contribution in [3.63, 3.8) is 0 Å². The molecule has 14 atom stereocenters. The van der Waals surface area contributed by atoms with E-state index in [4.69, 9.17) is 9.47 Å². The Morgan fingerprint density at radius 3 is 2.24 bits per heavy atom. The molecule has 1 saturated heterocycles. The average molecular weight is 649 g/mol. The quantitative estimate of drug-likeness (QED) is 0.186. The maximum atomic E-state index is 13.8. The zero-order valence-corrected chi connectivity index (χ0v) is 28.9. The van der Waals surface area contributed by atoms with Gasteiger partial charge in [0.1, 0.15) is 30.0 Å². The second-order valence-corrected chi connectivity index (χ2v) is 17.1. The van der Waals surface area contributed by atoms with Gasteiger partial charge in [-0.05, 0) is 114 Å². The highest BCUT2D eigenvalue weighted by Gasteiger charge is 2.72. The van der Waals surface area contributed by atoms with E-state index in [1.54, 1.807) is 20.8 Å². The van der Waals surface area contributed by atoms with Crippen LogP contribution in [-0.4, -0.2) is 96.3 Å². The van der Waals surface area contributed by atoms with Crippen LogP contribution in [0.2, 0.25) is 0 Å². The van der Waals surface area contributed by atoms with Crippen LogP contribution in [0.1, 0.15) is 94.4 Å². The summed E-state index contributed by atoms with van der Waals surface area (Å²) in [6.07, 6.45) is -0.351. The highest BCUT2D eigenvalue weighted by molar-refractivity contribution is 5.97. The monoisotopic (exact) mass is 648 g/mol. The predicted octanol–water partition coefficient (Wildman–Crippen LogP) is 2.60. The minimum Gasteiger partial charge on any atom is -0.393 e. The molecule has 46 heavy (non-hydrogen) atoms. The Hall–Kier alpha value is -1.50. The summed E-state index contributed by atoms with van der Waals surface area (Å²) in [6.45, 7) is 16.7. The summed E-state index contributed by atoms with van der Waals surface area (Å²) in [5, 5.41) is 65.1. The summed E-state index contributed by atoms with van der Waals surface area (Å²) in [7, 11) is 0. The highest BCUT2D eigenvalue weighted by atomic mass is 16.7. The van der Waals surface area contributed by atoms with E-state index < -0.39 is 82.1 Å². The number of aliphatic hydroxyl groups excluding tert-OH is 5. The van der Waals surface area contributed by atoms with Crippen molar-refractivity contribution in [2.45, 2.75) is 149 Å². The largest absolute Gasteiger partial charge is 0.393 e. The molecule has 4 aliphatic carbocycles. The Balaban J connectivity index is 1.39. The molecule has 1 heterocycles. The van der Waals surface area contributed by atoms with E-state index in [1.165, 1.54) is 19.1 Å². The van der Waals surface area contributed by atoms with Crippen LogP contribution < -0.4 is 0 Å². The van der Waals surface area contributed by atoms with Crippen molar-refractivity contribution >= 4 is 11.6 Å². The molecule has 4 fully saturated rings. The van der Waals surface area contributed by atoms with Crippen LogP contribution in [0.4, 0.5) is 0 Å². The van der Waals surface area contributed by atoms with Crippen molar-refractivity contribution in [1.29, 1.82) is 0 Å². The normalized spacial score (nSPS) is 48.7. The van der Waals surface area contributed by atoms with Crippen molar-refractivity contribution in [3.8, 4) is 0 Å². The molecule has 6 N–H and O–H groups in total. The number of fused-ring (bicyclic) bond motifs is 5. The molecule has 10 heteroatoms. The van der Waals surface area contributed by atoms with Crippen LogP contribution in [0.3, 0.4) is 0 Å². The lowest BCUT2D eigenvalue weighted by Crippen LogP contribution is -2.62. The summed E-state index contributed by atoms with van der Waals surface area (Å²) in [4.78, 5) is 26.8. The van der Waals surface area contributed by atoms with Crippen LogP contribution in [0.5, 0.6) is 0 Å². The SMILES string of the molecule is C[C@H]1O[C@@H](OC(C)(C)/C=C/C(=O)[C@](C)(O)[C@H]2[C@H](O)C[C@@]3(C)[C@@H]4CC=C5[C@@H](C[C@H](O)C(=O)C5(C)C)[C@]4(C)CC[C@]23C)[C@H](O)[C@@H](O)[C@@H]1O. The van der Waals surface area contributed by atoms with Crippen molar-refractivity contribution in [1.82, 2.24) is 0 Å². The van der Waals surface area contributed by atoms with Crippen LogP contribution in [0, 0.1) is 39.4 Å². The summed E-state index contributed by atoms with van der Waals surface area (Å²) in [5.41, 5.74) is -3.96. The zero-order valence-electron chi connectivity index (χ0n) is 28.9. The van der Waals surface area contributed by atoms with Gasteiger partial charge in [-0.2, -0.15) is 0 Å². The molecular formula is C36H56O10. The van der Waals surface area contributed by atoms with Crippen molar-refractivity contribution in [2.75, 3.05) is 0 Å². The van der Waals surface area contributed by atoms with Crippen LogP contribution >= 0.6 is 0 Å². The van der Waals surface area contributed by atoms with Gasteiger partial charge in [0.05, 0.1) is 17.8 Å². The van der Waals surface area contributed by atoms with Gasteiger partial charge in [0.25, 0.3) is 0 Å². The topological polar surface area (TPSA) is 174 Å². The molecule has 1 aliphatic heterocycles. The molecular weight excluding hydrogens is 592 g/mol. The van der Waals surface area contributed by atoms with Crippen molar-refractivity contribution in [2.24, 2.45) is 39.4 Å². The first-order valence-electron chi connectivity index (χ1n) is 16.9. The fourth-order valence-corrected chi connectivity index (χ4v) is 10.7. The molecule has 0 bridgehead atoms. The van der Waals surface area contributed by atoms with Gasteiger partial charge in [-0.25, -0.2) is 0 Å². The average Bonchev–Trinajstić information content (AvgIpc) is 3.17. The molecule has 0 radical (unpaired) electrons. The standard InChI is InChI=1S/C36H56O10/c1-18-25(40)26(41)27(42)30(45-18)46-31(2,3)13-12-24(39)36(9,44)28-22(38)17-35(8)23-11-10-19-20(16-21(37)29(43)32(19,4)5)33(23,6)14-15-34(28,35)7/h10,12-13,18,20-23,25-28,30,37-38,40-42,44H,11,14-17H2,1-9H3/b13-12+/t18-,20-,21+,22-,23-,25-,26+,27-,28+,30+,33+,34-,35+,36+/m1/s1. The number of hydrogen-bond acceptors (Lipinski definition) is 10. The maximum absolute atomic E-state index is 13.8. The van der Waals surface area contributed by atoms with Gasteiger partial charge in [-0.15, -0.1) is 0 Å². The third kappa shape index (κ3) is 5.13. The molecule has 260 valence electrons. The smallest absolute Gasteiger partial charge is 0.187 e. The van der Waals surface area contributed by atoms with Crippen molar-refractivity contribution < 1.29 is 49.7 Å². The fourth-order valence-electron chi connectivity index (χ4n) is 10.7. The predicted molar refractivity (Wildman–Crippen MR) is 169 cm³/mol. The van der Waals surface area contributed by atoms with Gasteiger partial charge in [-0.3, -0.25) is 9.59 Å². The summed E-state index contributed by atoms with van der Waals surface area (Å²) >= 11 is 0. The Labute approximate surface area is 272 Å². The maximum Gasteiger partial charge on any atom is 0.187 e. The van der Waals surface area contributed by atoms with E-state index in [0.717, 1.165) is 18.4 Å². The summed E-state index contributed by atoms with van der Waals surface area (Å²) < 4.78 is 11.5. The lowest BCUT2D eigenvalue weighted by molar-refractivity contribution is -0.310. The first-order chi connectivity index (χ1) is 21.0. The van der Waals surface area contributed by atoms with E-state index in [0.29, 0.717) is 19.3 Å². The second kappa shape index (κ2) is 11.3. The number of rotatable bonds is 6. The highest BCUT2D eigenvalue weighted by Crippen LogP contribution is 2.75. The van der Waals surface area contributed by atoms with Gasteiger partial charge in [0.15, 0.2) is 17.9 Å². The van der Waals surface area contributed by atoms with E-state index in [2.05, 4.69) is 26.8 Å². The van der Waals surface area contributed by atoms with Crippen LogP contribution in [-0.2, 0) is 19.1 Å². The van der Waals surface area contributed by atoms with Crippen LogP contribution in [0.15, 0.2) is 23.8 Å². The van der Waals surface area contributed by atoms with Gasteiger partial charge < -0.3 is 40.1 Å². The Bertz CT molecular complexity index is 1300. The third-order valence-corrected chi connectivity index (χ3v) is 13.6. The van der Waals surface area contributed by atoms with Gasteiger partial charge in [-0.1, -0.05) is 32.4 Å². The number of aliphatic hydroxyl groups is 6. The Kier molecular flexibility index (Phi) is 8.77. The van der Waals surface area contributed by atoms with Gasteiger partial charge in [0.2, 0.25) is 0 Å². The Morgan fingerprint density at radius 2 is 1.61 bits per heavy atom. The molecule has 0 unspecified atom stereocenters. The second-order valence-electron chi connectivity index (χ2n) is 17.1. The Morgan fingerprint density at radius 1 is 0.978 bits per heavy atom. The minimum absolute atomic E-state index is 0.0258. The first-order valence-corrected chi connectivity index (χ1v) is 16.9. The van der Waals surface area contributed by atoms with E-state index in [9.17, 15) is 40.2 Å². The van der Waals surface area contributed by atoms with E-state index in [-0.39, 0.29) is 23.0 Å². The van der Waals surface area contributed by atoms with E-state index in [1.807, 2.05) is 13.8 Å². The number of Topliss-reactive ketones (excluding diaryl/α,β-unsaturated/α-hetero) is 1. The summed E-state index contributed by atoms with van der Waals surface area (Å²) in [6, 6.07) is 0. The molecule has 0 aromatic rings. The number of carbonyl (C=O) groups excluding carboxylic acids is 2. The minimum atomic E-state index is -1.91. The van der Waals surface area contributed by atoms with E-state index >= 15 is 0 Å². The molecule has 0 aromatic heterocycles. The lowest BCUT2D eigenvalue weighted by atomic mass is 9.39. The molecule has 5 aliphatic rings. The molecule has 0 spiro atoms. The molecule has 3 saturated carbocycles. The van der Waals surface area contributed by atoms with Crippen LogP contribution in [0.25, 0.3) is 0 Å². The molecule has 0 aromatic carbocycles. The molecule has 10 nitrogen and oxygen atoms in total. The van der Waals surface area contributed by atoms with Crippen molar-refractivity contribution in [3.05, 3.63) is 23.8 Å². The lowest BCUT2D eigenvalue weighted by Gasteiger charge is -2.65. The number of ether oxygens (including phenoxy) is 2. The van der Waals surface area contributed by atoms with Gasteiger partial charge >= 0.3 is 0 Å². The fraction of sp³-hybridized carbons (Fsp3) is 0.833. The molecule has 0 amide bonds. The first kappa shape index (κ1) is 35.8. The number of carbonyl (C=O) groups is 2. The number of ketones is 2. The third-order valence-electron chi connectivity index (χ3n) is 13.6. The number of allylic oxidation sites excluding steroid dienone is 2. The van der Waals surface area contributed by atoms with Gasteiger partial charge in [0, 0.05) is 11.3 Å².